The van der Waals surface area contributed by atoms with Gasteiger partial charge in [0.1, 0.15) is 0 Å². The number of nitro groups is 2. The van der Waals surface area contributed by atoms with Crippen LogP contribution in [0.25, 0.3) is 0 Å². The van der Waals surface area contributed by atoms with Gasteiger partial charge in [0.05, 0.1) is 16.8 Å². The molecule has 0 aromatic heterocycles. The van der Waals surface area contributed by atoms with E-state index in [1.807, 2.05) is 0 Å². The van der Waals surface area contributed by atoms with Gasteiger partial charge in [-0.15, -0.1) is 0 Å². The van der Waals surface area contributed by atoms with Crippen LogP contribution in [0.1, 0.15) is 32.2 Å². The summed E-state index contributed by atoms with van der Waals surface area (Å²) in [6, 6.07) is 21.3. The number of carbonyl (C=O) groups excluding carboxylic acids is 2. The van der Waals surface area contributed by atoms with E-state index in [-0.39, 0.29) is 16.8 Å². The smallest absolute Gasteiger partial charge is 0.269 e. The largest absolute Gasteiger partial charge is 0.293 e. The molecular formula is C23H18N2O6. The molecule has 8 heteroatoms. The molecule has 1 atom stereocenters. The number of nitro benzene ring substituents is 1. The van der Waals surface area contributed by atoms with Crippen molar-refractivity contribution in [3.8, 4) is 0 Å². The van der Waals surface area contributed by atoms with Crippen molar-refractivity contribution < 1.29 is 19.4 Å². The summed E-state index contributed by atoms with van der Waals surface area (Å²) in [4.78, 5) is 48.0. The average molecular weight is 418 g/mol. The molecule has 0 aliphatic rings. The Hall–Kier alpha value is -4.20. The number of Topliss-reactive ketones (excluding diaryl/α,β-unsaturated/α-hetero) is 2. The van der Waals surface area contributed by atoms with Gasteiger partial charge in [-0.1, -0.05) is 72.8 Å². The molecule has 0 aliphatic carbocycles. The van der Waals surface area contributed by atoms with Crippen LogP contribution in [-0.2, 0) is 0 Å². The van der Waals surface area contributed by atoms with E-state index in [4.69, 9.17) is 0 Å². The second-order valence-electron chi connectivity index (χ2n) is 6.91. The molecule has 3 aromatic rings. The first-order valence-corrected chi connectivity index (χ1v) is 9.43. The fraction of sp³-hybridized carbons (Fsp3) is 0.130. The van der Waals surface area contributed by atoms with Gasteiger partial charge in [-0.05, 0) is 5.56 Å². The highest BCUT2D eigenvalue weighted by molar-refractivity contribution is 6.16. The van der Waals surface area contributed by atoms with Crippen molar-refractivity contribution >= 4 is 17.3 Å². The maximum absolute atomic E-state index is 13.4. The second kappa shape index (κ2) is 9.53. The Bertz CT molecular complexity index is 1050. The molecule has 0 bridgehead atoms. The highest BCUT2D eigenvalue weighted by Gasteiger charge is 2.39. The highest BCUT2D eigenvalue weighted by atomic mass is 16.6. The maximum atomic E-state index is 13.4. The van der Waals surface area contributed by atoms with Gasteiger partial charge in [-0.2, -0.15) is 0 Å². The summed E-state index contributed by atoms with van der Waals surface area (Å²) >= 11 is 0. The minimum Gasteiger partial charge on any atom is -0.293 e. The summed E-state index contributed by atoms with van der Waals surface area (Å²) in [5, 5.41) is 22.4. The minimum atomic E-state index is -1.36. The lowest BCUT2D eigenvalue weighted by Gasteiger charge is -2.23. The van der Waals surface area contributed by atoms with Crippen molar-refractivity contribution in [3.63, 3.8) is 0 Å². The topological polar surface area (TPSA) is 120 Å². The third-order valence-corrected chi connectivity index (χ3v) is 4.96. The van der Waals surface area contributed by atoms with Crippen LogP contribution < -0.4 is 0 Å². The first-order valence-electron chi connectivity index (χ1n) is 9.43. The van der Waals surface area contributed by atoms with Crippen molar-refractivity contribution in [1.82, 2.24) is 0 Å². The number of hydrogen-bond donors (Lipinski definition) is 0. The molecule has 0 spiro atoms. The zero-order valence-electron chi connectivity index (χ0n) is 16.3. The van der Waals surface area contributed by atoms with Gasteiger partial charge in [0.2, 0.25) is 6.54 Å². The summed E-state index contributed by atoms with van der Waals surface area (Å²) in [6.45, 7) is -0.681. The first-order chi connectivity index (χ1) is 14.9. The Morgan fingerprint density at radius 1 is 0.710 bits per heavy atom. The molecule has 3 rings (SSSR count). The Balaban J connectivity index is 2.12. The van der Waals surface area contributed by atoms with Crippen LogP contribution in [0, 0.1) is 26.1 Å². The molecule has 8 nitrogen and oxygen atoms in total. The molecule has 0 N–H and O–H groups in total. The van der Waals surface area contributed by atoms with Gasteiger partial charge in [-0.25, -0.2) is 0 Å². The maximum Gasteiger partial charge on any atom is 0.269 e. The van der Waals surface area contributed by atoms with Gasteiger partial charge in [0.15, 0.2) is 11.6 Å². The fourth-order valence-corrected chi connectivity index (χ4v) is 3.46. The van der Waals surface area contributed by atoms with E-state index in [1.54, 1.807) is 60.7 Å². The third kappa shape index (κ3) is 5.05. The molecule has 0 saturated carbocycles. The van der Waals surface area contributed by atoms with Crippen molar-refractivity contribution in [2.45, 2.75) is 5.92 Å². The summed E-state index contributed by atoms with van der Waals surface area (Å²) in [5.74, 6) is -3.55. The van der Waals surface area contributed by atoms with Crippen LogP contribution in [0.3, 0.4) is 0 Å². The second-order valence-corrected chi connectivity index (χ2v) is 6.91. The van der Waals surface area contributed by atoms with Gasteiger partial charge in [0.25, 0.3) is 5.69 Å². The molecule has 0 amide bonds. The lowest BCUT2D eigenvalue weighted by atomic mass is 9.77. The van der Waals surface area contributed by atoms with Crippen molar-refractivity contribution in [2.75, 3.05) is 6.54 Å². The van der Waals surface area contributed by atoms with E-state index in [1.165, 1.54) is 24.3 Å². The quantitative estimate of drug-likeness (QED) is 0.221. The van der Waals surface area contributed by atoms with Gasteiger partial charge < -0.3 is 0 Å². The monoisotopic (exact) mass is 418 g/mol. The molecule has 0 fully saturated rings. The Morgan fingerprint density at radius 2 is 1.16 bits per heavy atom. The summed E-state index contributed by atoms with van der Waals surface area (Å²) in [6.07, 6.45) is 0. The lowest BCUT2D eigenvalue weighted by Crippen LogP contribution is -2.34. The lowest BCUT2D eigenvalue weighted by molar-refractivity contribution is -0.484. The zero-order chi connectivity index (χ0) is 22.4. The van der Waals surface area contributed by atoms with E-state index < -0.39 is 39.8 Å². The molecule has 0 heterocycles. The van der Waals surface area contributed by atoms with Gasteiger partial charge in [0, 0.05) is 28.2 Å². The van der Waals surface area contributed by atoms with Crippen molar-refractivity contribution in [2.24, 2.45) is 5.92 Å². The molecule has 0 saturated heterocycles. The number of carbonyl (C=O) groups is 2. The SMILES string of the molecule is O=C(c1ccccc1)C(C(=O)c1ccccc1)C(C[N+](=O)[O-])c1ccc([N+](=O)[O-])cc1. The van der Waals surface area contributed by atoms with E-state index in [0.29, 0.717) is 5.56 Å². The molecule has 0 aliphatic heterocycles. The standard InChI is InChI=1S/C23H18N2O6/c26-22(17-7-3-1-4-8-17)21(23(27)18-9-5-2-6-10-18)20(15-24(28)29)16-11-13-19(14-12-16)25(30)31/h1-14,20-21H,15H2. The number of nitrogens with zero attached hydrogens (tertiary/aromatic N) is 2. The Kier molecular flexibility index (Phi) is 6.61. The van der Waals surface area contributed by atoms with Crippen LogP contribution in [0.5, 0.6) is 0 Å². The molecule has 1 unspecified atom stereocenters. The minimum absolute atomic E-state index is 0.191. The number of non-ortho nitro benzene ring substituents is 1. The van der Waals surface area contributed by atoms with Crippen LogP contribution >= 0.6 is 0 Å². The first kappa shape index (κ1) is 21.5. The number of hydrogen-bond acceptors (Lipinski definition) is 6. The van der Waals surface area contributed by atoms with Crippen LogP contribution in [-0.4, -0.2) is 28.0 Å². The summed E-state index contributed by atoms with van der Waals surface area (Å²) < 4.78 is 0. The normalized spacial score (nSPS) is 11.6. The van der Waals surface area contributed by atoms with Crippen LogP contribution in [0.15, 0.2) is 84.9 Å². The molecule has 31 heavy (non-hydrogen) atoms. The molecule has 3 aromatic carbocycles. The van der Waals surface area contributed by atoms with E-state index in [0.717, 1.165) is 0 Å². The summed E-state index contributed by atoms with van der Waals surface area (Å²) in [7, 11) is 0. The van der Waals surface area contributed by atoms with Crippen molar-refractivity contribution in [3.05, 3.63) is 122 Å². The number of ketones is 2. The third-order valence-electron chi connectivity index (χ3n) is 4.96. The van der Waals surface area contributed by atoms with Gasteiger partial charge >= 0.3 is 0 Å². The fourth-order valence-electron chi connectivity index (χ4n) is 3.46. The molecular weight excluding hydrogens is 400 g/mol. The van der Waals surface area contributed by atoms with Crippen molar-refractivity contribution in [1.29, 1.82) is 0 Å². The van der Waals surface area contributed by atoms with E-state index in [9.17, 15) is 29.8 Å². The van der Waals surface area contributed by atoms with E-state index in [2.05, 4.69) is 0 Å². The molecule has 0 radical (unpaired) electrons. The Morgan fingerprint density at radius 3 is 1.55 bits per heavy atom. The number of benzene rings is 3. The predicted molar refractivity (Wildman–Crippen MR) is 113 cm³/mol. The summed E-state index contributed by atoms with van der Waals surface area (Å²) in [5.41, 5.74) is 0.629. The van der Waals surface area contributed by atoms with Gasteiger partial charge in [-0.3, -0.25) is 29.8 Å². The highest BCUT2D eigenvalue weighted by Crippen LogP contribution is 2.32. The van der Waals surface area contributed by atoms with Crippen LogP contribution in [0.4, 0.5) is 5.69 Å². The Labute approximate surface area is 177 Å². The van der Waals surface area contributed by atoms with Crippen LogP contribution in [0.2, 0.25) is 0 Å². The zero-order valence-corrected chi connectivity index (χ0v) is 16.3. The molecule has 156 valence electrons. The average Bonchev–Trinajstić information content (AvgIpc) is 2.79. The predicted octanol–water partition coefficient (Wildman–Crippen LogP) is 4.34. The van der Waals surface area contributed by atoms with E-state index >= 15 is 0 Å². The number of rotatable bonds is 9.